The first-order chi connectivity index (χ1) is 9.41. The Morgan fingerprint density at radius 1 is 0.474 bits per heavy atom. The van der Waals surface area contributed by atoms with Crippen LogP contribution >= 0.6 is 0 Å². The molecule has 0 unspecified atom stereocenters. The highest BCUT2D eigenvalue weighted by Crippen LogP contribution is 1.96. The molecule has 0 nitrogen and oxygen atoms in total. The van der Waals surface area contributed by atoms with E-state index in [1.807, 2.05) is 0 Å². The number of hydrogen-bond acceptors (Lipinski definition) is 0. The monoisotopic (exact) mass is 258 g/mol. The molecule has 19 heavy (non-hydrogen) atoms. The van der Waals surface area contributed by atoms with Crippen molar-refractivity contribution in [1.82, 2.24) is 0 Å². The van der Waals surface area contributed by atoms with Gasteiger partial charge in [-0.2, -0.15) is 0 Å². The minimum Gasteiger partial charge on any atom is -0.0885 e. The number of hydrogen-bond donors (Lipinski definition) is 0. The van der Waals surface area contributed by atoms with Crippen molar-refractivity contribution in [3.8, 4) is 0 Å². The van der Waals surface area contributed by atoms with E-state index in [-0.39, 0.29) is 0 Å². The highest BCUT2D eigenvalue weighted by Gasteiger charge is 1.75. The van der Waals surface area contributed by atoms with Crippen LogP contribution in [-0.4, -0.2) is 0 Å². The van der Waals surface area contributed by atoms with Gasteiger partial charge in [0.05, 0.1) is 0 Å². The van der Waals surface area contributed by atoms with Gasteiger partial charge in [-0.3, -0.25) is 0 Å². The van der Waals surface area contributed by atoms with Crippen molar-refractivity contribution in [1.29, 1.82) is 0 Å². The molecule has 0 saturated heterocycles. The molecule has 0 heteroatoms. The summed E-state index contributed by atoms with van der Waals surface area (Å²) in [4.78, 5) is 0. The summed E-state index contributed by atoms with van der Waals surface area (Å²) < 4.78 is 0. The van der Waals surface area contributed by atoms with Crippen molar-refractivity contribution in [2.75, 3.05) is 0 Å². The van der Waals surface area contributed by atoms with Crippen molar-refractivity contribution >= 4 is 0 Å². The molecule has 0 spiro atoms. The molecule has 0 bridgehead atoms. The Morgan fingerprint density at radius 2 is 0.842 bits per heavy atom. The van der Waals surface area contributed by atoms with Crippen LogP contribution in [0.15, 0.2) is 60.8 Å². The predicted molar refractivity (Wildman–Crippen MR) is 89.4 cm³/mol. The maximum atomic E-state index is 2.26. The van der Waals surface area contributed by atoms with Crippen LogP contribution in [0.25, 0.3) is 0 Å². The summed E-state index contributed by atoms with van der Waals surface area (Å²) in [5.41, 5.74) is 0. The van der Waals surface area contributed by atoms with Crippen LogP contribution in [-0.2, 0) is 0 Å². The molecule has 0 aromatic rings. The van der Waals surface area contributed by atoms with Gasteiger partial charge in [-0.15, -0.1) is 0 Å². The van der Waals surface area contributed by atoms with Gasteiger partial charge in [-0.05, 0) is 38.5 Å². The Kier molecular flexibility index (Phi) is 15.6. The second-order valence-corrected chi connectivity index (χ2v) is 4.50. The van der Waals surface area contributed by atoms with Gasteiger partial charge in [0.25, 0.3) is 0 Å². The van der Waals surface area contributed by atoms with E-state index in [1.165, 1.54) is 12.8 Å². The third-order valence-electron chi connectivity index (χ3n) is 2.61. The fourth-order valence-corrected chi connectivity index (χ4v) is 1.54. The van der Waals surface area contributed by atoms with Crippen LogP contribution in [0, 0.1) is 0 Å². The van der Waals surface area contributed by atoms with Crippen LogP contribution in [0.4, 0.5) is 0 Å². The molecular weight excluding hydrogens is 228 g/mol. The SMILES string of the molecule is CCC=CCC=CCC=CCC=CCC=CCCC. The van der Waals surface area contributed by atoms with Gasteiger partial charge in [-0.25, -0.2) is 0 Å². The number of rotatable bonds is 11. The van der Waals surface area contributed by atoms with E-state index in [0.717, 1.165) is 32.1 Å². The molecule has 0 N–H and O–H groups in total. The van der Waals surface area contributed by atoms with Crippen molar-refractivity contribution in [3.05, 3.63) is 60.8 Å². The van der Waals surface area contributed by atoms with Crippen molar-refractivity contribution < 1.29 is 0 Å². The van der Waals surface area contributed by atoms with Crippen LogP contribution in [0.3, 0.4) is 0 Å². The smallest absolute Gasteiger partial charge is 0.0169 e. The van der Waals surface area contributed by atoms with E-state index >= 15 is 0 Å². The zero-order valence-electron chi connectivity index (χ0n) is 12.7. The van der Waals surface area contributed by atoms with E-state index in [0.29, 0.717) is 0 Å². The van der Waals surface area contributed by atoms with E-state index in [4.69, 9.17) is 0 Å². The minimum absolute atomic E-state index is 1.05. The van der Waals surface area contributed by atoms with Gasteiger partial charge >= 0.3 is 0 Å². The summed E-state index contributed by atoms with van der Waals surface area (Å²) in [6.07, 6.45) is 30.1. The van der Waals surface area contributed by atoms with Crippen LogP contribution < -0.4 is 0 Å². The summed E-state index contributed by atoms with van der Waals surface area (Å²) in [6, 6.07) is 0. The molecule has 0 aliphatic rings. The lowest BCUT2D eigenvalue weighted by Crippen LogP contribution is -1.64. The first-order valence-corrected chi connectivity index (χ1v) is 7.66. The molecule has 0 amide bonds. The zero-order chi connectivity index (χ0) is 14.0. The molecule has 0 heterocycles. The van der Waals surface area contributed by atoms with Crippen molar-refractivity contribution in [3.63, 3.8) is 0 Å². The topological polar surface area (TPSA) is 0 Å². The molecular formula is C19H30. The second kappa shape index (κ2) is 16.7. The summed E-state index contributed by atoms with van der Waals surface area (Å²) >= 11 is 0. The van der Waals surface area contributed by atoms with Gasteiger partial charge in [0.2, 0.25) is 0 Å². The Labute approximate surface area is 120 Å². The Bertz CT molecular complexity index is 300. The maximum absolute atomic E-state index is 2.26. The normalized spacial score (nSPS) is 13.2. The van der Waals surface area contributed by atoms with E-state index < -0.39 is 0 Å². The fraction of sp³-hybridized carbons (Fsp3) is 0.474. The van der Waals surface area contributed by atoms with Gasteiger partial charge in [-0.1, -0.05) is 81.0 Å². The highest BCUT2D eigenvalue weighted by atomic mass is 13.8. The van der Waals surface area contributed by atoms with E-state index in [2.05, 4.69) is 74.6 Å². The molecule has 0 radical (unpaired) electrons. The summed E-state index contributed by atoms with van der Waals surface area (Å²) in [6.45, 7) is 4.37. The Hall–Kier alpha value is -1.30. The first-order valence-electron chi connectivity index (χ1n) is 7.66. The Balaban J connectivity index is 3.43. The largest absolute Gasteiger partial charge is 0.0885 e. The Morgan fingerprint density at radius 3 is 1.21 bits per heavy atom. The lowest BCUT2D eigenvalue weighted by molar-refractivity contribution is 0.954. The van der Waals surface area contributed by atoms with E-state index in [1.54, 1.807) is 0 Å². The van der Waals surface area contributed by atoms with Gasteiger partial charge < -0.3 is 0 Å². The van der Waals surface area contributed by atoms with Crippen molar-refractivity contribution in [2.45, 2.75) is 58.8 Å². The fourth-order valence-electron chi connectivity index (χ4n) is 1.54. The molecule has 0 aliphatic heterocycles. The van der Waals surface area contributed by atoms with Crippen LogP contribution in [0.5, 0.6) is 0 Å². The molecule has 0 aliphatic carbocycles. The van der Waals surface area contributed by atoms with Gasteiger partial charge in [0, 0.05) is 0 Å². The second-order valence-electron chi connectivity index (χ2n) is 4.50. The number of unbranched alkanes of at least 4 members (excludes halogenated alkanes) is 1. The standard InChI is InChI=1S/C19H30/c1-3-5-7-9-11-13-15-17-19-18-16-14-12-10-8-6-4-2/h5,7-8,10-11,13-14,16-17,19H,3-4,6,9,12,15,18H2,1-2H3. The molecule has 0 fully saturated rings. The molecule has 0 saturated carbocycles. The molecule has 106 valence electrons. The third kappa shape index (κ3) is 16.7. The number of allylic oxidation sites excluding steroid dienone is 10. The third-order valence-corrected chi connectivity index (χ3v) is 2.61. The molecule has 0 atom stereocenters. The minimum atomic E-state index is 1.05. The molecule has 0 aromatic carbocycles. The summed E-state index contributed by atoms with van der Waals surface area (Å²) in [5, 5.41) is 0. The van der Waals surface area contributed by atoms with Crippen LogP contribution in [0.2, 0.25) is 0 Å². The average Bonchev–Trinajstić information content (AvgIpc) is 2.43. The maximum Gasteiger partial charge on any atom is -0.0169 e. The van der Waals surface area contributed by atoms with Crippen LogP contribution in [0.1, 0.15) is 58.8 Å². The molecule has 0 aromatic heterocycles. The quantitative estimate of drug-likeness (QED) is 0.369. The van der Waals surface area contributed by atoms with Gasteiger partial charge in [0.15, 0.2) is 0 Å². The lowest BCUT2D eigenvalue weighted by atomic mass is 10.2. The van der Waals surface area contributed by atoms with Crippen molar-refractivity contribution in [2.24, 2.45) is 0 Å². The zero-order valence-corrected chi connectivity index (χ0v) is 12.7. The van der Waals surface area contributed by atoms with E-state index in [9.17, 15) is 0 Å². The highest BCUT2D eigenvalue weighted by molar-refractivity contribution is 5.00. The molecule has 0 rings (SSSR count). The summed E-state index contributed by atoms with van der Waals surface area (Å²) in [5.74, 6) is 0. The average molecular weight is 258 g/mol. The van der Waals surface area contributed by atoms with Gasteiger partial charge in [0.1, 0.15) is 0 Å². The predicted octanol–water partition coefficient (Wildman–Crippen LogP) is 6.54. The first kappa shape index (κ1) is 17.7. The lowest BCUT2D eigenvalue weighted by Gasteiger charge is -1.85. The summed E-state index contributed by atoms with van der Waals surface area (Å²) in [7, 11) is 0.